The highest BCUT2D eigenvalue weighted by molar-refractivity contribution is 6.01. The molecule has 5 rings (SSSR count). The van der Waals surface area contributed by atoms with Crippen LogP contribution in [0.15, 0.2) is 107 Å². The third-order valence-corrected chi connectivity index (χ3v) is 7.21. The third-order valence-electron chi connectivity index (χ3n) is 7.21. The van der Waals surface area contributed by atoms with Crippen molar-refractivity contribution in [2.24, 2.45) is 10.1 Å². The highest BCUT2D eigenvalue weighted by Crippen LogP contribution is 2.45. The first-order chi connectivity index (χ1) is 21.9. The lowest BCUT2D eigenvalue weighted by Crippen LogP contribution is -2.53. The van der Waals surface area contributed by atoms with Crippen LogP contribution < -0.4 is 15.6 Å². The van der Waals surface area contributed by atoms with E-state index in [1.165, 1.54) is 6.07 Å². The minimum atomic E-state index is -1.62. The molecular weight excluding hydrogens is 582 g/mol. The van der Waals surface area contributed by atoms with Gasteiger partial charge in [0.15, 0.2) is 11.6 Å². The summed E-state index contributed by atoms with van der Waals surface area (Å²) in [6.07, 6.45) is -0.463. The smallest absolute Gasteiger partial charge is 0.266 e. The maximum Gasteiger partial charge on any atom is 0.266 e. The lowest BCUT2D eigenvalue weighted by atomic mass is 9.81. The van der Waals surface area contributed by atoms with Crippen molar-refractivity contribution in [1.82, 2.24) is 10.9 Å². The summed E-state index contributed by atoms with van der Waals surface area (Å²) in [6.45, 7) is 0.232. The molecule has 1 heterocycles. The number of aliphatic hydroxyl groups excluding tert-OH is 1. The van der Waals surface area contributed by atoms with Crippen LogP contribution in [0, 0.1) is 11.6 Å². The Bertz CT molecular complexity index is 1710. The first kappa shape index (κ1) is 31.1. The van der Waals surface area contributed by atoms with Crippen molar-refractivity contribution in [1.29, 1.82) is 0 Å². The lowest BCUT2D eigenvalue weighted by Gasteiger charge is -2.31. The quantitative estimate of drug-likeness (QED) is 0.0559. The monoisotopic (exact) mass is 612 g/mol. The van der Waals surface area contributed by atoms with Crippen molar-refractivity contribution in [2.75, 3.05) is 13.2 Å². The second-order valence-corrected chi connectivity index (χ2v) is 10.2. The fourth-order valence-corrected chi connectivity index (χ4v) is 5.01. The number of benzene rings is 4. The van der Waals surface area contributed by atoms with Gasteiger partial charge in [0.2, 0.25) is 5.90 Å². The number of carbonyl (C=O) groups excluding carboxylic acids is 1. The highest BCUT2D eigenvalue weighted by atomic mass is 19.1. The van der Waals surface area contributed by atoms with Gasteiger partial charge in [0.1, 0.15) is 17.4 Å². The van der Waals surface area contributed by atoms with Crippen LogP contribution in [0.25, 0.3) is 10.4 Å². The van der Waals surface area contributed by atoms with Crippen LogP contribution in [0.3, 0.4) is 0 Å². The number of nitrogens with zero attached hydrogens (tertiary/aromatic N) is 4. The average molecular weight is 613 g/mol. The van der Waals surface area contributed by atoms with Crippen LogP contribution in [0.5, 0.6) is 5.75 Å². The largest absolute Gasteiger partial charge is 0.494 e. The average Bonchev–Trinajstić information content (AvgIpc) is 3.43. The zero-order chi connectivity index (χ0) is 31.6. The van der Waals surface area contributed by atoms with Gasteiger partial charge in [-0.3, -0.25) is 10.2 Å². The minimum absolute atomic E-state index is 0.0146. The van der Waals surface area contributed by atoms with E-state index in [2.05, 4.69) is 20.9 Å². The third kappa shape index (κ3) is 7.27. The maximum absolute atomic E-state index is 14.3. The summed E-state index contributed by atoms with van der Waals surface area (Å²) in [5, 5.41) is 12.9. The van der Waals surface area contributed by atoms with E-state index in [9.17, 15) is 19.1 Å². The van der Waals surface area contributed by atoms with Gasteiger partial charge in [0.25, 0.3) is 5.91 Å². The molecular formula is C33H30F2N6O4. The van der Waals surface area contributed by atoms with E-state index < -0.39 is 29.2 Å². The van der Waals surface area contributed by atoms with Crippen molar-refractivity contribution in [3.63, 3.8) is 0 Å². The van der Waals surface area contributed by atoms with E-state index in [4.69, 9.17) is 19.6 Å². The molecule has 0 saturated heterocycles. The molecule has 1 amide bonds. The molecule has 4 aromatic carbocycles. The summed E-state index contributed by atoms with van der Waals surface area (Å²) in [5.41, 5.74) is 15.3. The highest BCUT2D eigenvalue weighted by Gasteiger charge is 2.54. The molecule has 0 saturated carbocycles. The van der Waals surface area contributed by atoms with E-state index >= 15 is 0 Å². The maximum atomic E-state index is 14.3. The Morgan fingerprint density at radius 1 is 1.04 bits per heavy atom. The Hall–Kier alpha value is -5.29. The fraction of sp³-hybridized carbons (Fsp3) is 0.212. The molecule has 230 valence electrons. The van der Waals surface area contributed by atoms with Gasteiger partial charge < -0.3 is 14.6 Å². The van der Waals surface area contributed by atoms with Crippen LogP contribution in [-0.4, -0.2) is 35.7 Å². The molecule has 10 nitrogen and oxygen atoms in total. The molecule has 0 fully saturated rings. The Labute approximate surface area is 257 Å². The molecule has 1 aliphatic rings. The van der Waals surface area contributed by atoms with Crippen molar-refractivity contribution in [2.45, 2.75) is 31.0 Å². The minimum Gasteiger partial charge on any atom is -0.494 e. The molecule has 0 aliphatic carbocycles. The number of halogens is 2. The van der Waals surface area contributed by atoms with Gasteiger partial charge in [-0.2, -0.15) is 0 Å². The van der Waals surface area contributed by atoms with Crippen molar-refractivity contribution >= 4 is 17.5 Å². The zero-order valence-electron chi connectivity index (χ0n) is 24.1. The molecule has 0 aromatic heterocycles. The topological polar surface area (TPSA) is 141 Å². The Balaban J connectivity index is 1.55. The van der Waals surface area contributed by atoms with Gasteiger partial charge in [0.05, 0.1) is 6.61 Å². The first-order valence-electron chi connectivity index (χ1n) is 14.2. The number of hydrazine groups is 1. The number of carbonyl (C=O) groups is 1. The van der Waals surface area contributed by atoms with Crippen molar-refractivity contribution in [3.05, 3.63) is 141 Å². The van der Waals surface area contributed by atoms with Gasteiger partial charge in [0, 0.05) is 59.3 Å². The molecule has 0 radical (unpaired) electrons. The molecule has 12 heteroatoms. The Morgan fingerprint density at radius 2 is 1.80 bits per heavy atom. The van der Waals surface area contributed by atoms with Crippen LogP contribution in [-0.2, 0) is 22.5 Å². The first-order valence-corrected chi connectivity index (χ1v) is 14.2. The fourth-order valence-electron chi connectivity index (χ4n) is 5.01. The number of nitrogens with one attached hydrogen (secondary N) is 2. The van der Waals surface area contributed by atoms with Crippen LogP contribution in [0.4, 0.5) is 14.5 Å². The van der Waals surface area contributed by atoms with Crippen LogP contribution >= 0.6 is 0 Å². The van der Waals surface area contributed by atoms with Crippen LogP contribution in [0.2, 0.25) is 0 Å². The van der Waals surface area contributed by atoms with E-state index in [1.807, 2.05) is 30.3 Å². The predicted octanol–water partition coefficient (Wildman–Crippen LogP) is 5.99. The van der Waals surface area contributed by atoms with E-state index in [-0.39, 0.29) is 36.7 Å². The lowest BCUT2D eigenvalue weighted by molar-refractivity contribution is -0.130. The molecule has 0 unspecified atom stereocenters. The number of amides is 1. The number of hydrogen-bond acceptors (Lipinski definition) is 7. The summed E-state index contributed by atoms with van der Waals surface area (Å²) in [6, 6.07) is 26.2. The predicted molar refractivity (Wildman–Crippen MR) is 163 cm³/mol. The van der Waals surface area contributed by atoms with Crippen molar-refractivity contribution < 1.29 is 28.2 Å². The number of rotatable bonds is 13. The Morgan fingerprint density at radius 3 is 2.53 bits per heavy atom. The van der Waals surface area contributed by atoms with Gasteiger partial charge in [-0.15, -0.1) is 0 Å². The van der Waals surface area contributed by atoms with Gasteiger partial charge >= 0.3 is 0 Å². The number of aliphatic imine (C=N–C) groups is 1. The van der Waals surface area contributed by atoms with E-state index in [1.54, 1.807) is 48.5 Å². The molecule has 0 bridgehead atoms. The number of azide groups is 1. The normalized spacial score (nSPS) is 17.1. The van der Waals surface area contributed by atoms with E-state index in [0.717, 1.165) is 17.7 Å². The molecule has 3 N–H and O–H groups in total. The molecule has 0 spiro atoms. The summed E-state index contributed by atoms with van der Waals surface area (Å²) < 4.78 is 39.8. The van der Waals surface area contributed by atoms with E-state index in [0.29, 0.717) is 29.9 Å². The second kappa shape index (κ2) is 14.5. The Kier molecular flexibility index (Phi) is 10.0. The van der Waals surface area contributed by atoms with Crippen LogP contribution in [0.1, 0.15) is 34.8 Å². The number of aliphatic hydroxyl groups is 1. The zero-order valence-corrected chi connectivity index (χ0v) is 24.1. The molecule has 4 aromatic rings. The summed E-state index contributed by atoms with van der Waals surface area (Å²) in [7, 11) is 0. The van der Waals surface area contributed by atoms with Crippen molar-refractivity contribution in [3.8, 4) is 5.75 Å². The van der Waals surface area contributed by atoms with Gasteiger partial charge in [-0.1, -0.05) is 65.8 Å². The molecule has 45 heavy (non-hydrogen) atoms. The summed E-state index contributed by atoms with van der Waals surface area (Å²) >= 11 is 0. The van der Waals surface area contributed by atoms with Gasteiger partial charge in [-0.25, -0.2) is 19.2 Å². The summed E-state index contributed by atoms with van der Waals surface area (Å²) in [5.74, 6) is -1.30. The second-order valence-electron chi connectivity index (χ2n) is 10.2. The van der Waals surface area contributed by atoms with Gasteiger partial charge in [-0.05, 0) is 41.4 Å². The standard InChI is InChI=1S/C33H30F2N6O4/c34-25-14-11-24(28(35)19-25)21-37-40-32(43)33(20-22-7-2-1-3-8-22)30(27-9-4-5-10-29(27)39-41-36)45-31(38-33)23-12-15-26(16-13-23)44-18-6-17-42/h1-5,7-16,19,30,37,42H,6,17-18,20-21H2,(H,40,43)/t30-,33-/m0/s1. The SMILES string of the molecule is [N-]=[N+]=Nc1ccccc1[C@@H]1OC(c2ccc(OCCCO)cc2)=N[C@]1(Cc1ccccc1)C(=O)NNCc1ccc(F)cc1F. The summed E-state index contributed by atoms with van der Waals surface area (Å²) in [4.78, 5) is 22.1. The molecule has 2 atom stereocenters. The number of hydrogen-bond donors (Lipinski definition) is 3. The number of ether oxygens (including phenoxy) is 2. The molecule has 1 aliphatic heterocycles.